The second kappa shape index (κ2) is 5.10. The van der Waals surface area contributed by atoms with Crippen LogP contribution in [0, 0.1) is 6.57 Å². The number of hydrogen-bond donors (Lipinski definition) is 0. The van der Waals surface area contributed by atoms with E-state index in [9.17, 15) is 4.79 Å². The largest absolute Gasteiger partial charge is 0.460 e. The highest BCUT2D eigenvalue weighted by molar-refractivity contribution is 5.73. The molecule has 0 aromatic carbocycles. The van der Waals surface area contributed by atoms with Gasteiger partial charge in [-0.15, -0.1) is 0 Å². The van der Waals surface area contributed by atoms with E-state index in [-0.39, 0.29) is 6.54 Å². The first-order valence-electron chi connectivity index (χ1n) is 2.80. The van der Waals surface area contributed by atoms with Crippen LogP contribution in [0.5, 0.6) is 0 Å². The predicted octanol–water partition coefficient (Wildman–Crippen LogP) is 0.859. The van der Waals surface area contributed by atoms with Crippen LogP contribution in [0.1, 0.15) is 13.3 Å². The Hall–Kier alpha value is -1.04. The Labute approximate surface area is 54.4 Å². The number of carbonyl (C=O) groups is 1. The van der Waals surface area contributed by atoms with Crippen molar-refractivity contribution in [2.45, 2.75) is 13.3 Å². The number of carbonyl (C=O) groups excluding carboxylic acids is 1. The van der Waals surface area contributed by atoms with Gasteiger partial charge in [-0.05, 0) is 6.42 Å². The summed E-state index contributed by atoms with van der Waals surface area (Å²) in [7, 11) is 0. The van der Waals surface area contributed by atoms with Gasteiger partial charge in [-0.3, -0.25) is 0 Å². The third kappa shape index (κ3) is 4.82. The van der Waals surface area contributed by atoms with Gasteiger partial charge in [0.05, 0.1) is 6.61 Å². The Kier molecular flexibility index (Phi) is 4.51. The molecule has 0 atom stereocenters. The molecular weight excluding hydrogens is 118 g/mol. The first-order valence-corrected chi connectivity index (χ1v) is 2.80. The zero-order chi connectivity index (χ0) is 7.11. The van der Waals surface area contributed by atoms with Gasteiger partial charge in [0, 0.05) is 0 Å². The standard InChI is InChI=1S/C6H9NO2/c1-3-4-9-6(8)5-7-2/h3-5H2,1H3. The molecule has 0 spiro atoms. The van der Waals surface area contributed by atoms with Crippen LogP contribution < -0.4 is 0 Å². The van der Waals surface area contributed by atoms with Crippen LogP contribution in [0.4, 0.5) is 0 Å². The third-order valence-electron chi connectivity index (χ3n) is 0.675. The molecule has 3 nitrogen and oxygen atoms in total. The van der Waals surface area contributed by atoms with Crippen LogP contribution in [-0.2, 0) is 9.53 Å². The normalized spacial score (nSPS) is 8.00. The molecule has 0 aromatic heterocycles. The average molecular weight is 127 g/mol. The van der Waals surface area contributed by atoms with Crippen LogP contribution in [0.2, 0.25) is 0 Å². The highest BCUT2D eigenvalue weighted by atomic mass is 16.5. The van der Waals surface area contributed by atoms with Gasteiger partial charge in [0.25, 0.3) is 0 Å². The maximum atomic E-state index is 10.4. The van der Waals surface area contributed by atoms with Crippen LogP contribution in [0.25, 0.3) is 4.85 Å². The maximum Gasteiger partial charge on any atom is 0.387 e. The minimum Gasteiger partial charge on any atom is -0.460 e. The third-order valence-corrected chi connectivity index (χ3v) is 0.675. The Morgan fingerprint density at radius 2 is 2.44 bits per heavy atom. The number of rotatable bonds is 3. The molecule has 0 aliphatic carbocycles. The summed E-state index contributed by atoms with van der Waals surface area (Å²) in [5, 5.41) is 0. The summed E-state index contributed by atoms with van der Waals surface area (Å²) in [5.41, 5.74) is 0. The molecule has 0 fully saturated rings. The molecule has 0 amide bonds. The van der Waals surface area contributed by atoms with E-state index in [4.69, 9.17) is 6.57 Å². The van der Waals surface area contributed by atoms with Crippen molar-refractivity contribution in [2.24, 2.45) is 0 Å². The molecule has 50 valence electrons. The highest BCUT2D eigenvalue weighted by Gasteiger charge is 2.01. The van der Waals surface area contributed by atoms with Gasteiger partial charge in [0.15, 0.2) is 0 Å². The summed E-state index contributed by atoms with van der Waals surface area (Å²) in [6.45, 7) is 8.47. The SMILES string of the molecule is [C-]#[N+]CC(=O)OCCC. The summed E-state index contributed by atoms with van der Waals surface area (Å²) in [5.74, 6) is -0.424. The van der Waals surface area contributed by atoms with Crippen molar-refractivity contribution in [1.29, 1.82) is 0 Å². The number of nitrogens with zero attached hydrogens (tertiary/aromatic N) is 1. The van der Waals surface area contributed by atoms with Crippen LogP contribution in [0.3, 0.4) is 0 Å². The Morgan fingerprint density at radius 1 is 1.78 bits per heavy atom. The Bertz CT molecular complexity index is 126. The summed E-state index contributed by atoms with van der Waals surface area (Å²) in [4.78, 5) is 13.2. The number of ether oxygens (including phenoxy) is 1. The second-order valence-corrected chi connectivity index (χ2v) is 1.54. The van der Waals surface area contributed by atoms with E-state index < -0.39 is 5.97 Å². The molecule has 0 aliphatic rings. The predicted molar refractivity (Wildman–Crippen MR) is 32.7 cm³/mol. The zero-order valence-corrected chi connectivity index (χ0v) is 5.39. The van der Waals surface area contributed by atoms with E-state index >= 15 is 0 Å². The highest BCUT2D eigenvalue weighted by Crippen LogP contribution is 1.82. The molecular formula is C6H9NO2. The van der Waals surface area contributed by atoms with Crippen LogP contribution in [0.15, 0.2) is 0 Å². The quantitative estimate of drug-likeness (QED) is 0.416. The van der Waals surface area contributed by atoms with E-state index in [1.54, 1.807) is 0 Å². The molecule has 0 bridgehead atoms. The van der Waals surface area contributed by atoms with Crippen molar-refractivity contribution in [1.82, 2.24) is 0 Å². The van der Waals surface area contributed by atoms with Crippen LogP contribution in [-0.4, -0.2) is 19.1 Å². The van der Waals surface area contributed by atoms with Crippen molar-refractivity contribution in [2.75, 3.05) is 13.2 Å². The molecule has 0 radical (unpaired) electrons. The van der Waals surface area contributed by atoms with E-state index in [2.05, 4.69) is 9.58 Å². The lowest BCUT2D eigenvalue weighted by Crippen LogP contribution is -2.07. The minimum absolute atomic E-state index is 0.153. The first kappa shape index (κ1) is 7.96. The van der Waals surface area contributed by atoms with Gasteiger partial charge in [0.2, 0.25) is 0 Å². The minimum atomic E-state index is -0.424. The molecule has 0 aliphatic heterocycles. The monoisotopic (exact) mass is 127 g/mol. The fourth-order valence-corrected chi connectivity index (χ4v) is 0.326. The lowest BCUT2D eigenvalue weighted by molar-refractivity contribution is -0.141. The summed E-state index contributed by atoms with van der Waals surface area (Å²) in [6, 6.07) is 0. The lowest BCUT2D eigenvalue weighted by Gasteiger charge is -1.94. The van der Waals surface area contributed by atoms with Gasteiger partial charge in [0.1, 0.15) is 0 Å². The molecule has 9 heavy (non-hydrogen) atoms. The second-order valence-electron chi connectivity index (χ2n) is 1.54. The summed E-state index contributed by atoms with van der Waals surface area (Å²) >= 11 is 0. The van der Waals surface area contributed by atoms with Gasteiger partial charge in [-0.25, -0.2) is 11.4 Å². The fourth-order valence-electron chi connectivity index (χ4n) is 0.326. The van der Waals surface area contributed by atoms with Gasteiger partial charge in [-0.1, -0.05) is 6.92 Å². The molecule has 0 N–H and O–H groups in total. The number of hydrogen-bond acceptors (Lipinski definition) is 2. The molecule has 0 rings (SSSR count). The molecule has 0 heterocycles. The van der Waals surface area contributed by atoms with Crippen molar-refractivity contribution >= 4 is 5.97 Å². The molecule has 0 saturated heterocycles. The zero-order valence-electron chi connectivity index (χ0n) is 5.39. The average Bonchev–Trinajstić information content (AvgIpc) is 1.85. The smallest absolute Gasteiger partial charge is 0.387 e. The van der Waals surface area contributed by atoms with E-state index in [0.29, 0.717) is 6.61 Å². The van der Waals surface area contributed by atoms with Gasteiger partial charge >= 0.3 is 12.5 Å². The Balaban J connectivity index is 3.19. The van der Waals surface area contributed by atoms with E-state index in [0.717, 1.165) is 6.42 Å². The first-order chi connectivity index (χ1) is 4.31. The topological polar surface area (TPSA) is 30.7 Å². The van der Waals surface area contributed by atoms with Gasteiger partial charge < -0.3 is 9.58 Å². The van der Waals surface area contributed by atoms with E-state index in [1.807, 2.05) is 6.92 Å². The van der Waals surface area contributed by atoms with Crippen LogP contribution >= 0.6 is 0 Å². The van der Waals surface area contributed by atoms with Gasteiger partial charge in [-0.2, -0.15) is 0 Å². The van der Waals surface area contributed by atoms with Crippen molar-refractivity contribution in [3.63, 3.8) is 0 Å². The van der Waals surface area contributed by atoms with Crippen molar-refractivity contribution in [3.8, 4) is 0 Å². The Morgan fingerprint density at radius 3 is 2.89 bits per heavy atom. The number of esters is 1. The lowest BCUT2D eigenvalue weighted by atomic mass is 10.5. The molecule has 3 heteroatoms. The molecule has 0 unspecified atom stereocenters. The van der Waals surface area contributed by atoms with Crippen molar-refractivity contribution < 1.29 is 9.53 Å². The molecule has 0 aromatic rings. The van der Waals surface area contributed by atoms with Crippen molar-refractivity contribution in [3.05, 3.63) is 11.4 Å². The molecule has 0 saturated carbocycles. The maximum absolute atomic E-state index is 10.4. The fraction of sp³-hybridized carbons (Fsp3) is 0.667. The summed E-state index contributed by atoms with van der Waals surface area (Å²) < 4.78 is 4.58. The summed E-state index contributed by atoms with van der Waals surface area (Å²) in [6.07, 6.45) is 0.809. The van der Waals surface area contributed by atoms with E-state index in [1.165, 1.54) is 0 Å².